The van der Waals surface area contributed by atoms with E-state index >= 15 is 0 Å². The molecular weight excluding hydrogens is 342 g/mol. The number of imidazole rings is 1. The second kappa shape index (κ2) is 8.30. The zero-order valence-corrected chi connectivity index (χ0v) is 17.0. The van der Waals surface area contributed by atoms with Gasteiger partial charge in [-0.3, -0.25) is 4.79 Å². The molecule has 1 fully saturated rings. The van der Waals surface area contributed by atoms with Gasteiger partial charge in [0.2, 0.25) is 5.91 Å². The average molecular weight is 372 g/mol. The Kier molecular flexibility index (Phi) is 6.07. The van der Waals surface area contributed by atoms with Crippen molar-refractivity contribution in [2.75, 3.05) is 5.75 Å². The van der Waals surface area contributed by atoms with Crippen LogP contribution in [0.5, 0.6) is 0 Å². The quantitative estimate of drug-likeness (QED) is 0.694. The number of rotatable bonds is 8. The molecule has 2 aromatic rings. The van der Waals surface area contributed by atoms with Crippen molar-refractivity contribution in [3.63, 3.8) is 0 Å². The van der Waals surface area contributed by atoms with Crippen LogP contribution in [0.15, 0.2) is 35.5 Å². The zero-order chi connectivity index (χ0) is 18.7. The molecule has 1 aliphatic carbocycles. The van der Waals surface area contributed by atoms with E-state index in [0.29, 0.717) is 17.6 Å². The Hall–Kier alpha value is -1.75. The monoisotopic (exact) mass is 371 g/mol. The molecule has 0 aliphatic heterocycles. The van der Waals surface area contributed by atoms with Gasteiger partial charge in [0.05, 0.1) is 17.5 Å². The summed E-state index contributed by atoms with van der Waals surface area (Å²) in [6.07, 6.45) is 2.40. The lowest BCUT2D eigenvalue weighted by molar-refractivity contribution is -0.119. The van der Waals surface area contributed by atoms with Gasteiger partial charge in [-0.25, -0.2) is 4.98 Å². The van der Waals surface area contributed by atoms with Crippen LogP contribution in [0.2, 0.25) is 0 Å². The highest BCUT2D eigenvalue weighted by Crippen LogP contribution is 2.41. The number of thioether (sulfide) groups is 1. The number of amides is 1. The smallest absolute Gasteiger partial charge is 0.230 e. The number of nitrogens with one attached hydrogen (secondary N) is 1. The van der Waals surface area contributed by atoms with Gasteiger partial charge in [-0.2, -0.15) is 0 Å². The van der Waals surface area contributed by atoms with Crippen LogP contribution in [0.4, 0.5) is 0 Å². The van der Waals surface area contributed by atoms with Crippen molar-refractivity contribution >= 4 is 17.7 Å². The van der Waals surface area contributed by atoms with Gasteiger partial charge in [0.25, 0.3) is 0 Å². The van der Waals surface area contributed by atoms with E-state index in [1.165, 1.54) is 24.1 Å². The largest absolute Gasteiger partial charge is 0.348 e. The molecule has 140 valence electrons. The second-order valence-electron chi connectivity index (χ2n) is 7.65. The molecular formula is C21H29N3OS. The minimum absolute atomic E-state index is 0.0881. The summed E-state index contributed by atoms with van der Waals surface area (Å²) in [5, 5.41) is 4.20. The van der Waals surface area contributed by atoms with Crippen LogP contribution in [0.3, 0.4) is 0 Å². The van der Waals surface area contributed by atoms with E-state index in [1.54, 1.807) is 11.8 Å². The molecule has 1 saturated carbocycles. The molecule has 0 spiro atoms. The lowest BCUT2D eigenvalue weighted by Crippen LogP contribution is -2.31. The summed E-state index contributed by atoms with van der Waals surface area (Å²) in [6.45, 7) is 9.49. The minimum atomic E-state index is 0.0881. The van der Waals surface area contributed by atoms with Crippen molar-refractivity contribution < 1.29 is 4.79 Å². The number of hydrogen-bond donors (Lipinski definition) is 1. The third-order valence-electron chi connectivity index (χ3n) is 4.87. The Bertz CT molecular complexity index is 750. The number of carbonyl (C=O) groups excluding carboxylic acids is 1. The van der Waals surface area contributed by atoms with Crippen LogP contribution in [0, 0.1) is 25.7 Å². The summed E-state index contributed by atoms with van der Waals surface area (Å²) in [6, 6.07) is 10.5. The van der Waals surface area contributed by atoms with Crippen LogP contribution >= 0.6 is 11.8 Å². The Morgan fingerprint density at radius 1 is 1.27 bits per heavy atom. The van der Waals surface area contributed by atoms with Crippen LogP contribution in [0.25, 0.3) is 0 Å². The van der Waals surface area contributed by atoms with Crippen LogP contribution < -0.4 is 5.32 Å². The molecule has 0 radical (unpaired) electrons. The summed E-state index contributed by atoms with van der Waals surface area (Å²) >= 11 is 1.54. The topological polar surface area (TPSA) is 46.9 Å². The molecule has 1 aliphatic rings. The highest BCUT2D eigenvalue weighted by atomic mass is 32.2. The van der Waals surface area contributed by atoms with Crippen LogP contribution in [0.1, 0.15) is 49.7 Å². The fraction of sp³-hybridized carbons (Fsp3) is 0.524. The number of nitrogens with zero attached hydrogens (tertiary/aromatic N) is 2. The van der Waals surface area contributed by atoms with E-state index in [9.17, 15) is 4.79 Å². The van der Waals surface area contributed by atoms with Crippen molar-refractivity contribution in [1.82, 2.24) is 14.9 Å². The van der Waals surface area contributed by atoms with Crippen molar-refractivity contribution in [2.45, 2.75) is 58.3 Å². The maximum absolute atomic E-state index is 12.6. The fourth-order valence-corrected chi connectivity index (χ4v) is 4.13. The summed E-state index contributed by atoms with van der Waals surface area (Å²) < 4.78 is 2.24. The minimum Gasteiger partial charge on any atom is -0.348 e. The normalized spacial score (nSPS) is 15.3. The molecule has 0 bridgehead atoms. The Labute approximate surface area is 160 Å². The van der Waals surface area contributed by atoms with Crippen molar-refractivity contribution in [2.24, 2.45) is 11.8 Å². The number of aryl methyl sites for hydroxylation is 1. The summed E-state index contributed by atoms with van der Waals surface area (Å²) in [5.41, 5.74) is 3.46. The predicted octanol–water partition coefficient (Wildman–Crippen LogP) is 4.52. The van der Waals surface area contributed by atoms with Gasteiger partial charge < -0.3 is 9.88 Å². The molecule has 1 heterocycles. The van der Waals surface area contributed by atoms with Gasteiger partial charge in [0.1, 0.15) is 0 Å². The van der Waals surface area contributed by atoms with Crippen LogP contribution in [-0.2, 0) is 11.3 Å². The lowest BCUT2D eigenvalue weighted by Gasteiger charge is -2.19. The molecule has 1 aromatic heterocycles. The molecule has 0 saturated heterocycles. The first-order valence-corrected chi connectivity index (χ1v) is 10.4. The van der Waals surface area contributed by atoms with Crippen molar-refractivity contribution in [3.05, 3.63) is 47.3 Å². The van der Waals surface area contributed by atoms with Gasteiger partial charge >= 0.3 is 0 Å². The summed E-state index contributed by atoms with van der Waals surface area (Å²) in [4.78, 5) is 17.3. The molecule has 1 unspecified atom stereocenters. The van der Waals surface area contributed by atoms with Gasteiger partial charge in [0, 0.05) is 12.2 Å². The average Bonchev–Trinajstić information content (AvgIpc) is 3.42. The van der Waals surface area contributed by atoms with E-state index < -0.39 is 0 Å². The predicted molar refractivity (Wildman–Crippen MR) is 107 cm³/mol. The van der Waals surface area contributed by atoms with Crippen molar-refractivity contribution in [3.8, 4) is 0 Å². The van der Waals surface area contributed by atoms with Gasteiger partial charge in [-0.1, -0.05) is 55.9 Å². The maximum Gasteiger partial charge on any atom is 0.230 e. The Morgan fingerprint density at radius 2 is 1.96 bits per heavy atom. The van der Waals surface area contributed by atoms with Gasteiger partial charge in [-0.05, 0) is 44.1 Å². The standard InChI is InChI=1S/C21H29N3OS/c1-14(2)12-24-16(4)15(3)22-21(24)26-13-19(25)23-20(18-10-11-18)17-8-6-5-7-9-17/h5-9,14,18,20H,10-13H2,1-4H3,(H,23,25). The summed E-state index contributed by atoms with van der Waals surface area (Å²) in [7, 11) is 0. The number of aromatic nitrogens is 2. The highest BCUT2D eigenvalue weighted by molar-refractivity contribution is 7.99. The van der Waals surface area contributed by atoms with Gasteiger partial charge in [-0.15, -0.1) is 0 Å². The number of hydrogen-bond acceptors (Lipinski definition) is 3. The van der Waals surface area contributed by atoms with E-state index in [4.69, 9.17) is 0 Å². The molecule has 1 amide bonds. The second-order valence-corrected chi connectivity index (χ2v) is 8.59. The third-order valence-corrected chi connectivity index (χ3v) is 5.85. The molecule has 3 rings (SSSR count). The number of benzene rings is 1. The molecule has 1 N–H and O–H groups in total. The molecule has 26 heavy (non-hydrogen) atoms. The van der Waals surface area contributed by atoms with Gasteiger partial charge in [0.15, 0.2) is 5.16 Å². The van der Waals surface area contributed by atoms with E-state index in [-0.39, 0.29) is 11.9 Å². The summed E-state index contributed by atoms with van der Waals surface area (Å²) in [5.74, 6) is 1.63. The first kappa shape index (κ1) is 19.0. The lowest BCUT2D eigenvalue weighted by atomic mass is 10.0. The molecule has 1 aromatic carbocycles. The first-order valence-electron chi connectivity index (χ1n) is 9.46. The maximum atomic E-state index is 12.6. The zero-order valence-electron chi connectivity index (χ0n) is 16.2. The van der Waals surface area contributed by atoms with E-state index in [0.717, 1.165) is 17.4 Å². The Morgan fingerprint density at radius 3 is 2.58 bits per heavy atom. The Balaban J connectivity index is 1.63. The first-order chi connectivity index (χ1) is 12.5. The van der Waals surface area contributed by atoms with E-state index in [2.05, 4.69) is 47.8 Å². The van der Waals surface area contributed by atoms with Crippen molar-refractivity contribution in [1.29, 1.82) is 0 Å². The third kappa shape index (κ3) is 4.70. The highest BCUT2D eigenvalue weighted by Gasteiger charge is 2.33. The number of carbonyl (C=O) groups is 1. The van der Waals surface area contributed by atoms with Crippen LogP contribution in [-0.4, -0.2) is 21.2 Å². The molecule has 5 heteroatoms. The SMILES string of the molecule is Cc1nc(SCC(=O)NC(c2ccccc2)C2CC2)n(CC(C)C)c1C. The fourth-order valence-electron chi connectivity index (χ4n) is 3.22. The van der Waals surface area contributed by atoms with E-state index in [1.807, 2.05) is 25.1 Å². The molecule has 1 atom stereocenters. The molecule has 4 nitrogen and oxygen atoms in total.